The van der Waals surface area contributed by atoms with Crippen LogP contribution in [-0.2, 0) is 17.6 Å². The van der Waals surface area contributed by atoms with E-state index in [1.165, 1.54) is 11.1 Å². The van der Waals surface area contributed by atoms with Crippen molar-refractivity contribution in [2.24, 2.45) is 11.1 Å². The summed E-state index contributed by atoms with van der Waals surface area (Å²) in [6, 6.07) is 8.42. The molecule has 3 heteroatoms. The molecule has 0 radical (unpaired) electrons. The van der Waals surface area contributed by atoms with E-state index in [0.29, 0.717) is 19.6 Å². The molecule has 0 saturated carbocycles. The predicted octanol–water partition coefficient (Wildman–Crippen LogP) is 1.27. The van der Waals surface area contributed by atoms with Crippen LogP contribution in [0.4, 0.5) is 0 Å². The van der Waals surface area contributed by atoms with Gasteiger partial charge in [0.2, 0.25) is 0 Å². The SMILES string of the molecule is CC1OCCC1(O)C1(CN)Cc2ccccc2C1. The molecule has 3 nitrogen and oxygen atoms in total. The monoisotopic (exact) mass is 247 g/mol. The third kappa shape index (κ3) is 1.48. The number of hydrogen-bond acceptors (Lipinski definition) is 3. The van der Waals surface area contributed by atoms with E-state index in [4.69, 9.17) is 10.5 Å². The topological polar surface area (TPSA) is 55.5 Å². The first-order valence-electron chi connectivity index (χ1n) is 6.72. The molecule has 1 saturated heterocycles. The van der Waals surface area contributed by atoms with Crippen molar-refractivity contribution in [3.63, 3.8) is 0 Å². The molecule has 3 rings (SSSR count). The third-order valence-corrected chi connectivity index (χ3v) is 5.01. The van der Waals surface area contributed by atoms with Gasteiger partial charge in [0.15, 0.2) is 0 Å². The molecule has 2 unspecified atom stereocenters. The highest BCUT2D eigenvalue weighted by Gasteiger charge is 2.57. The van der Waals surface area contributed by atoms with E-state index in [0.717, 1.165) is 12.8 Å². The Bertz CT molecular complexity index is 435. The second-order valence-corrected chi connectivity index (χ2v) is 5.79. The highest BCUT2D eigenvalue weighted by Crippen LogP contribution is 2.49. The molecule has 18 heavy (non-hydrogen) atoms. The Labute approximate surface area is 108 Å². The van der Waals surface area contributed by atoms with Crippen molar-refractivity contribution < 1.29 is 9.84 Å². The van der Waals surface area contributed by atoms with E-state index in [2.05, 4.69) is 24.3 Å². The van der Waals surface area contributed by atoms with Gasteiger partial charge < -0.3 is 15.6 Å². The third-order valence-electron chi connectivity index (χ3n) is 5.01. The zero-order chi connectivity index (χ0) is 12.8. The molecule has 1 heterocycles. The van der Waals surface area contributed by atoms with Gasteiger partial charge in [-0.3, -0.25) is 0 Å². The molecular weight excluding hydrogens is 226 g/mol. The second-order valence-electron chi connectivity index (χ2n) is 5.79. The number of benzene rings is 1. The van der Waals surface area contributed by atoms with Gasteiger partial charge in [-0.05, 0) is 30.9 Å². The second kappa shape index (κ2) is 4.05. The van der Waals surface area contributed by atoms with Crippen molar-refractivity contribution in [3.05, 3.63) is 35.4 Å². The van der Waals surface area contributed by atoms with Crippen LogP contribution in [0, 0.1) is 5.41 Å². The standard InChI is InChI=1S/C15H21NO2/c1-11-15(17,6-7-18-11)14(10-16)8-12-4-2-3-5-13(12)9-14/h2-5,11,17H,6-10,16H2,1H3. The largest absolute Gasteiger partial charge is 0.386 e. The maximum atomic E-state index is 11.1. The molecule has 2 aliphatic rings. The maximum Gasteiger partial charge on any atom is 0.100 e. The summed E-state index contributed by atoms with van der Waals surface area (Å²) < 4.78 is 5.60. The molecule has 2 atom stereocenters. The summed E-state index contributed by atoms with van der Waals surface area (Å²) in [7, 11) is 0. The van der Waals surface area contributed by atoms with Crippen molar-refractivity contribution in [1.29, 1.82) is 0 Å². The van der Waals surface area contributed by atoms with Gasteiger partial charge in [-0.2, -0.15) is 0 Å². The molecule has 1 aromatic rings. The fourth-order valence-corrected chi connectivity index (χ4v) is 3.75. The van der Waals surface area contributed by atoms with Crippen LogP contribution in [-0.4, -0.2) is 30.0 Å². The van der Waals surface area contributed by atoms with Crippen molar-refractivity contribution in [1.82, 2.24) is 0 Å². The predicted molar refractivity (Wildman–Crippen MR) is 70.3 cm³/mol. The summed E-state index contributed by atoms with van der Waals surface area (Å²) in [4.78, 5) is 0. The molecule has 1 aliphatic heterocycles. The number of nitrogens with two attached hydrogens (primary N) is 1. The zero-order valence-corrected chi connectivity index (χ0v) is 10.9. The lowest BCUT2D eigenvalue weighted by Gasteiger charge is -2.44. The molecule has 1 aliphatic carbocycles. The fourth-order valence-electron chi connectivity index (χ4n) is 3.75. The van der Waals surface area contributed by atoms with Crippen molar-refractivity contribution in [2.75, 3.05) is 13.2 Å². The molecule has 0 bridgehead atoms. The van der Waals surface area contributed by atoms with Crippen molar-refractivity contribution >= 4 is 0 Å². The highest BCUT2D eigenvalue weighted by atomic mass is 16.5. The van der Waals surface area contributed by atoms with Crippen LogP contribution in [0.5, 0.6) is 0 Å². The van der Waals surface area contributed by atoms with E-state index in [-0.39, 0.29) is 11.5 Å². The highest BCUT2D eigenvalue weighted by molar-refractivity contribution is 5.36. The molecule has 1 aromatic carbocycles. The Morgan fingerprint density at radius 3 is 2.39 bits per heavy atom. The summed E-state index contributed by atoms with van der Waals surface area (Å²) in [5.41, 5.74) is 7.67. The van der Waals surface area contributed by atoms with Crippen LogP contribution < -0.4 is 5.73 Å². The van der Waals surface area contributed by atoms with Gasteiger partial charge in [-0.1, -0.05) is 24.3 Å². The summed E-state index contributed by atoms with van der Waals surface area (Å²) in [6.45, 7) is 3.11. The Balaban J connectivity index is 1.99. The first kappa shape index (κ1) is 12.2. The summed E-state index contributed by atoms with van der Waals surface area (Å²) in [6.07, 6.45) is 2.29. The zero-order valence-electron chi connectivity index (χ0n) is 10.9. The number of fused-ring (bicyclic) bond motifs is 1. The van der Waals surface area contributed by atoms with Crippen LogP contribution in [0.3, 0.4) is 0 Å². The van der Waals surface area contributed by atoms with Gasteiger partial charge in [-0.25, -0.2) is 0 Å². The molecule has 0 spiro atoms. The number of hydrogen-bond donors (Lipinski definition) is 2. The number of aliphatic hydroxyl groups is 1. The average Bonchev–Trinajstić information content (AvgIpc) is 2.92. The smallest absolute Gasteiger partial charge is 0.100 e. The van der Waals surface area contributed by atoms with Crippen LogP contribution in [0.25, 0.3) is 0 Å². The number of ether oxygens (including phenoxy) is 1. The minimum Gasteiger partial charge on any atom is -0.386 e. The maximum absolute atomic E-state index is 11.1. The van der Waals surface area contributed by atoms with Gasteiger partial charge in [0, 0.05) is 25.0 Å². The van der Waals surface area contributed by atoms with Gasteiger partial charge in [-0.15, -0.1) is 0 Å². The summed E-state index contributed by atoms with van der Waals surface area (Å²) >= 11 is 0. The molecular formula is C15H21NO2. The lowest BCUT2D eigenvalue weighted by molar-refractivity contribution is -0.114. The van der Waals surface area contributed by atoms with E-state index in [1.54, 1.807) is 0 Å². The van der Waals surface area contributed by atoms with E-state index in [9.17, 15) is 5.11 Å². The van der Waals surface area contributed by atoms with Gasteiger partial charge in [0.25, 0.3) is 0 Å². The lowest BCUT2D eigenvalue weighted by Crippen LogP contribution is -2.57. The van der Waals surface area contributed by atoms with Gasteiger partial charge >= 0.3 is 0 Å². The lowest BCUT2D eigenvalue weighted by atomic mass is 9.66. The van der Waals surface area contributed by atoms with Crippen LogP contribution in [0.15, 0.2) is 24.3 Å². The first-order valence-corrected chi connectivity index (χ1v) is 6.72. The Kier molecular flexibility index (Phi) is 2.73. The normalized spacial score (nSPS) is 33.6. The minimum absolute atomic E-state index is 0.129. The van der Waals surface area contributed by atoms with Crippen molar-refractivity contribution in [3.8, 4) is 0 Å². The van der Waals surface area contributed by atoms with Crippen LogP contribution in [0.2, 0.25) is 0 Å². The minimum atomic E-state index is -0.791. The quantitative estimate of drug-likeness (QED) is 0.827. The average molecular weight is 247 g/mol. The van der Waals surface area contributed by atoms with E-state index < -0.39 is 5.60 Å². The molecule has 3 N–H and O–H groups in total. The summed E-state index contributed by atoms with van der Waals surface area (Å²) in [5.74, 6) is 0. The molecule has 1 fully saturated rings. The van der Waals surface area contributed by atoms with Crippen LogP contribution in [0.1, 0.15) is 24.5 Å². The Morgan fingerprint density at radius 2 is 1.94 bits per heavy atom. The molecule has 0 aromatic heterocycles. The molecule has 98 valence electrons. The molecule has 0 amide bonds. The van der Waals surface area contributed by atoms with Gasteiger partial charge in [0.1, 0.15) is 5.60 Å². The van der Waals surface area contributed by atoms with Crippen molar-refractivity contribution in [2.45, 2.75) is 37.9 Å². The van der Waals surface area contributed by atoms with E-state index >= 15 is 0 Å². The Hall–Kier alpha value is -0.900. The first-order chi connectivity index (χ1) is 8.61. The van der Waals surface area contributed by atoms with Crippen LogP contribution >= 0.6 is 0 Å². The van der Waals surface area contributed by atoms with E-state index in [1.807, 2.05) is 6.92 Å². The number of rotatable bonds is 2. The van der Waals surface area contributed by atoms with Gasteiger partial charge in [0.05, 0.1) is 6.10 Å². The Morgan fingerprint density at radius 1 is 1.33 bits per heavy atom. The summed E-state index contributed by atoms with van der Waals surface area (Å²) in [5, 5.41) is 11.1. The fraction of sp³-hybridized carbons (Fsp3) is 0.600.